The van der Waals surface area contributed by atoms with Gasteiger partial charge in [-0.3, -0.25) is 39.9 Å². The summed E-state index contributed by atoms with van der Waals surface area (Å²) < 4.78 is 156. The first-order chi connectivity index (χ1) is 53.0. The summed E-state index contributed by atoms with van der Waals surface area (Å²) >= 11 is 0. The molecule has 0 bridgehead atoms. The number of nitrogens with zero attached hydrogens (tertiary/aromatic N) is 13. The molecule has 2 N–H and O–H groups in total. The summed E-state index contributed by atoms with van der Waals surface area (Å²) in [4.78, 5) is 53.2. The Morgan fingerprint density at radius 2 is 0.298 bits per heavy atom. The van der Waals surface area contributed by atoms with Crippen LogP contribution < -0.4 is 0 Å². The van der Waals surface area contributed by atoms with E-state index in [1.54, 1.807) is 55.8 Å². The van der Waals surface area contributed by atoms with Gasteiger partial charge in [-0.05, 0) is 146 Å². The first-order valence-corrected chi connectivity index (χ1v) is 32.4. The van der Waals surface area contributed by atoms with E-state index in [2.05, 4.69) is 59.9 Å². The Kier molecular flexibility index (Phi) is 49.3. The summed E-state index contributed by atoms with van der Waals surface area (Å²) in [6, 6.07) is 103. The van der Waals surface area contributed by atoms with Crippen molar-refractivity contribution in [3.8, 4) is 6.07 Å². The van der Waals surface area contributed by atoms with Crippen LogP contribution >= 0.6 is 0 Å². The predicted octanol–water partition coefficient (Wildman–Crippen LogP) is 23.2. The van der Waals surface area contributed by atoms with E-state index >= 15 is 0 Å². The molecule has 12 rings (SSSR count). The molecule has 14 nitrogen and oxygen atoms in total. The van der Waals surface area contributed by atoms with Crippen LogP contribution in [0.5, 0.6) is 0 Å². The van der Waals surface area contributed by atoms with Gasteiger partial charge in [0.25, 0.3) is 0 Å². The van der Waals surface area contributed by atoms with Gasteiger partial charge < -0.3 is 74.5 Å². The van der Waals surface area contributed by atoms with Gasteiger partial charge >= 0.3 is 63.2 Å². The molecule has 114 heavy (non-hydrogen) atoms. The van der Waals surface area contributed by atoms with Gasteiger partial charge in [0, 0.05) is 6.92 Å². The Labute approximate surface area is 668 Å². The van der Waals surface area contributed by atoms with Crippen LogP contribution in [0.15, 0.2) is 355 Å². The van der Waals surface area contributed by atoms with Gasteiger partial charge in [-0.2, -0.15) is 5.26 Å². The number of halogens is 16. The zero-order valence-corrected chi connectivity index (χ0v) is 61.7. The third-order valence-corrected chi connectivity index (χ3v) is 12.0. The van der Waals surface area contributed by atoms with E-state index in [0.29, 0.717) is 0 Å². The fourth-order valence-corrected chi connectivity index (χ4v) is 7.69. The third-order valence-electron chi connectivity index (χ3n) is 12.0. The first-order valence-electron chi connectivity index (χ1n) is 32.4. The monoisotopic (exact) mass is 1660 g/mol. The van der Waals surface area contributed by atoms with Crippen molar-refractivity contribution < 1.29 is 109 Å². The van der Waals surface area contributed by atoms with E-state index in [1.807, 2.05) is 315 Å². The van der Waals surface area contributed by atoms with Gasteiger partial charge in [0.2, 0.25) is 0 Å². The fraction of sp³-hybridized carbons (Fsp3) is 0.0128. The second-order valence-electron chi connectivity index (χ2n) is 20.9. The number of aromatic nitrogens is 4. The average Bonchev–Trinajstić information content (AvgIpc) is 0.901. The minimum absolute atomic E-state index is 0. The van der Waals surface area contributed by atoms with Gasteiger partial charge in [0.05, 0.1) is 147 Å². The van der Waals surface area contributed by atoms with E-state index < -0.39 is 29.0 Å². The topological polar surface area (TPSA) is 206 Å². The van der Waals surface area contributed by atoms with Crippen molar-refractivity contribution in [2.24, 2.45) is 39.9 Å². The number of rotatable bonds is 16. The van der Waals surface area contributed by atoms with Crippen molar-refractivity contribution in [2.75, 3.05) is 0 Å². The summed E-state index contributed by atoms with van der Waals surface area (Å²) in [7, 11) is -24.0. The summed E-state index contributed by atoms with van der Waals surface area (Å²) in [5.41, 5.74) is 13.7. The summed E-state index contributed by atoms with van der Waals surface area (Å²) in [6.07, 6.45) is 14.1. The molecule has 0 unspecified atom stereocenters. The molecule has 4 aromatic heterocycles. The van der Waals surface area contributed by atoms with Crippen LogP contribution in [-0.2, 0) is 34.1 Å². The number of hydrogen-bond acceptors (Lipinski definition) is 13. The number of hydrogen-bond donors (Lipinski definition) is 0. The van der Waals surface area contributed by atoms with Crippen LogP contribution in [0.3, 0.4) is 0 Å². The van der Waals surface area contributed by atoms with Crippen LogP contribution in [-0.4, -0.2) is 104 Å². The maximum Gasteiger partial charge on any atom is 2.00 e. The molecule has 0 atom stereocenters. The number of para-hydroxylation sites is 8. The quantitative estimate of drug-likeness (QED) is 0.0524. The van der Waals surface area contributed by atoms with Crippen LogP contribution in [0.4, 0.5) is 115 Å². The van der Waals surface area contributed by atoms with Crippen molar-refractivity contribution in [3.05, 3.63) is 361 Å². The molecule has 0 spiro atoms. The summed E-state index contributed by atoms with van der Waals surface area (Å²) in [5, 5.41) is 7.32. The number of aliphatic imine (C=N–C) groups is 8. The van der Waals surface area contributed by atoms with Crippen LogP contribution in [0.2, 0.25) is 0 Å². The van der Waals surface area contributed by atoms with Crippen LogP contribution in [0, 0.1) is 11.3 Å². The zero-order chi connectivity index (χ0) is 80.9. The number of pyridine rings is 4. The van der Waals surface area contributed by atoms with E-state index in [9.17, 15) is 69.1 Å². The van der Waals surface area contributed by atoms with Crippen molar-refractivity contribution in [2.45, 2.75) is 6.92 Å². The maximum atomic E-state index is 9.75. The zero-order valence-electron chi connectivity index (χ0n) is 59.5. The SMILES string of the molecule is C(=Nc1ccccc1)c1cccc(C=Nc2ccccc2)n1.C(=Nc1ccccc1)c1cccc(C=Nc2ccccc2)n1.C(=Nc1ccccc1)c1cccc(C=Nc2ccccc2)n1.C(=Nc1ccccc1)c1cccc(C=Nc2ccccc2)n1.CC#N.F[B-](F)(F)F.F[B-](F)(F)F.F[B-](F)(F)F.F[B-](F)(F)F.O.[Fe+2].[Fe+2]. The molecule has 0 radical (unpaired) electrons. The Bertz CT molecular complexity index is 3980. The average molecular weight is 1660 g/mol. The minimum atomic E-state index is -6.00. The molecule has 0 aliphatic carbocycles. The molecule has 0 saturated carbocycles. The molecule has 12 aromatic rings. The molecule has 588 valence electrons. The molecule has 0 fully saturated rings. The number of benzene rings is 8. The van der Waals surface area contributed by atoms with Crippen molar-refractivity contribution in [1.29, 1.82) is 5.26 Å². The molecular weight excluding hydrogens is 1590 g/mol. The van der Waals surface area contributed by atoms with Crippen LogP contribution in [0.25, 0.3) is 0 Å². The Hall–Kier alpha value is -12.7. The van der Waals surface area contributed by atoms with E-state index in [4.69, 9.17) is 5.26 Å². The molecule has 0 amide bonds. The van der Waals surface area contributed by atoms with E-state index in [1.165, 1.54) is 6.92 Å². The van der Waals surface area contributed by atoms with Crippen molar-refractivity contribution >= 4 is 124 Å². The van der Waals surface area contributed by atoms with Gasteiger partial charge in [0.15, 0.2) is 0 Å². The smallest absolute Gasteiger partial charge is 0.418 e. The second-order valence-corrected chi connectivity index (χ2v) is 20.9. The van der Waals surface area contributed by atoms with E-state index in [-0.39, 0.29) is 39.6 Å². The molecule has 0 aliphatic heterocycles. The third kappa shape index (κ3) is 55.7. The van der Waals surface area contributed by atoms with Gasteiger partial charge in [-0.15, -0.1) is 0 Å². The van der Waals surface area contributed by atoms with Crippen molar-refractivity contribution in [3.63, 3.8) is 0 Å². The maximum absolute atomic E-state index is 9.75. The molecule has 8 aromatic carbocycles. The summed E-state index contributed by atoms with van der Waals surface area (Å²) in [5.74, 6) is 0. The van der Waals surface area contributed by atoms with Gasteiger partial charge in [0.1, 0.15) is 0 Å². The summed E-state index contributed by atoms with van der Waals surface area (Å²) in [6.45, 7) is 1.43. The molecule has 36 heteroatoms. The minimum Gasteiger partial charge on any atom is -0.418 e. The molecular formula is C78H65B4F16Fe2N13O. The van der Waals surface area contributed by atoms with E-state index in [0.717, 1.165) is 91.1 Å². The Morgan fingerprint density at radius 1 is 0.211 bits per heavy atom. The van der Waals surface area contributed by atoms with Crippen molar-refractivity contribution in [1.82, 2.24) is 19.9 Å². The Morgan fingerprint density at radius 3 is 0.386 bits per heavy atom. The second kappa shape index (κ2) is 56.5. The van der Waals surface area contributed by atoms with Gasteiger partial charge in [-0.25, -0.2) is 19.9 Å². The first kappa shape index (κ1) is 99.4. The fourth-order valence-electron chi connectivity index (χ4n) is 7.69. The molecule has 0 aliphatic rings. The normalized spacial score (nSPS) is 10.9. The Balaban J connectivity index is 0.000000689. The largest absolute Gasteiger partial charge is 2.00 e. The standard InChI is InChI=1S/4C19H15N3.C2H3N.4BF4.2Fe.H2O/c4*1-3-8-16(9-4-1)20-14-18-12-7-13-19(22-18)15-21-17-10-5-2-6-11-17;1-2-3;4*2-1(3,4)5;;;/h4*1-15H;1H3;;;;;;;1H2/q;;;;;4*-1;2*+2;. The predicted molar refractivity (Wildman–Crippen MR) is 422 cm³/mol. The van der Waals surface area contributed by atoms with Gasteiger partial charge in [-0.1, -0.05) is 170 Å². The molecule has 0 saturated heterocycles. The molecule has 4 heterocycles. The number of nitriles is 1. The van der Waals surface area contributed by atoms with Crippen LogP contribution in [0.1, 0.15) is 52.5 Å².